The summed E-state index contributed by atoms with van der Waals surface area (Å²) in [7, 11) is 0. The molecule has 9 heavy (non-hydrogen) atoms. The summed E-state index contributed by atoms with van der Waals surface area (Å²) in [4.78, 5) is 4.51. The van der Waals surface area contributed by atoms with Gasteiger partial charge in [0.15, 0.2) is 0 Å². The van der Waals surface area contributed by atoms with Crippen LogP contribution in [0.5, 0.6) is 0 Å². The van der Waals surface area contributed by atoms with Crippen LogP contribution >= 0.6 is 11.8 Å². The van der Waals surface area contributed by atoms with Crippen molar-refractivity contribution in [2.24, 2.45) is 4.99 Å². The van der Waals surface area contributed by atoms with Crippen molar-refractivity contribution < 1.29 is 0 Å². The summed E-state index contributed by atoms with van der Waals surface area (Å²) in [6.07, 6.45) is 1.09. The summed E-state index contributed by atoms with van der Waals surface area (Å²) in [6, 6.07) is 0. The lowest BCUT2D eigenvalue weighted by Gasteiger charge is -2.15. The van der Waals surface area contributed by atoms with Gasteiger partial charge < -0.3 is 0 Å². The maximum Gasteiger partial charge on any atom is 0.104 e. The molecular formula is C7H11NS. The van der Waals surface area contributed by atoms with Crippen LogP contribution in [-0.4, -0.2) is 10.6 Å². The molecule has 2 radical (unpaired) electrons. The number of hydrogen-bond acceptors (Lipinski definition) is 2. The van der Waals surface area contributed by atoms with Crippen LogP contribution in [0.3, 0.4) is 0 Å². The minimum absolute atomic E-state index is 0.101. The van der Waals surface area contributed by atoms with Gasteiger partial charge in [0.1, 0.15) is 4.87 Å². The van der Waals surface area contributed by atoms with Crippen LogP contribution in [0.2, 0.25) is 0 Å². The van der Waals surface area contributed by atoms with Gasteiger partial charge in [0, 0.05) is 5.71 Å². The molecule has 0 bridgehead atoms. The highest BCUT2D eigenvalue weighted by Crippen LogP contribution is 2.37. The number of rotatable bonds is 1. The zero-order valence-electron chi connectivity index (χ0n) is 6.06. The molecule has 1 rings (SSSR count). The standard InChI is InChI=1S/C7H11NS/c1-4-7(3)8-6(2)5-9-7/h4H2,1-3H3. The predicted octanol–water partition coefficient (Wildman–Crippen LogP) is 2.36. The highest BCUT2D eigenvalue weighted by Gasteiger charge is 2.27. The van der Waals surface area contributed by atoms with Gasteiger partial charge in [-0.05, 0) is 20.3 Å². The van der Waals surface area contributed by atoms with E-state index in [-0.39, 0.29) is 4.87 Å². The zero-order valence-corrected chi connectivity index (χ0v) is 6.88. The predicted molar refractivity (Wildman–Crippen MR) is 42.6 cm³/mol. The quantitative estimate of drug-likeness (QED) is 0.546. The van der Waals surface area contributed by atoms with Gasteiger partial charge in [-0.1, -0.05) is 6.92 Å². The molecule has 0 saturated heterocycles. The maximum absolute atomic E-state index is 4.41. The van der Waals surface area contributed by atoms with E-state index in [1.165, 1.54) is 0 Å². The van der Waals surface area contributed by atoms with Gasteiger partial charge in [0.05, 0.1) is 5.75 Å². The highest BCUT2D eigenvalue weighted by atomic mass is 32.2. The van der Waals surface area contributed by atoms with Crippen LogP contribution in [0.4, 0.5) is 0 Å². The molecule has 0 aromatic heterocycles. The Balaban J connectivity index is 2.64. The van der Waals surface area contributed by atoms with E-state index < -0.39 is 0 Å². The fraction of sp³-hybridized carbons (Fsp3) is 0.714. The number of aliphatic imine (C=N–C) groups is 1. The third-order valence-corrected chi connectivity index (χ3v) is 2.70. The monoisotopic (exact) mass is 141 g/mol. The smallest absolute Gasteiger partial charge is 0.104 e. The minimum atomic E-state index is 0.101. The number of nitrogens with zero attached hydrogens (tertiary/aromatic N) is 1. The van der Waals surface area contributed by atoms with Crippen molar-refractivity contribution in [3.05, 3.63) is 5.75 Å². The summed E-state index contributed by atoms with van der Waals surface area (Å²) < 4.78 is 0. The Morgan fingerprint density at radius 1 is 1.78 bits per heavy atom. The molecular weight excluding hydrogens is 130 g/mol. The normalized spacial score (nSPS) is 34.8. The fourth-order valence-electron chi connectivity index (χ4n) is 0.735. The third kappa shape index (κ3) is 1.48. The molecule has 0 fully saturated rings. The lowest BCUT2D eigenvalue weighted by atomic mass is 10.2. The van der Waals surface area contributed by atoms with E-state index in [4.69, 9.17) is 0 Å². The van der Waals surface area contributed by atoms with Crippen LogP contribution in [0.1, 0.15) is 27.2 Å². The highest BCUT2D eigenvalue weighted by molar-refractivity contribution is 8.03. The first-order chi connectivity index (χ1) is 4.16. The minimum Gasteiger partial charge on any atom is -0.276 e. The van der Waals surface area contributed by atoms with Crippen LogP contribution in [0.25, 0.3) is 0 Å². The van der Waals surface area contributed by atoms with Gasteiger partial charge in [-0.15, -0.1) is 11.8 Å². The first-order valence-electron chi connectivity index (χ1n) is 3.17. The molecule has 0 saturated carbocycles. The SMILES string of the molecule is CCC1(C)N=C(C)[C]S1. The summed E-state index contributed by atoms with van der Waals surface area (Å²) in [6.45, 7) is 6.28. The molecule has 0 aromatic rings. The molecule has 1 heterocycles. The van der Waals surface area contributed by atoms with Gasteiger partial charge in [0.2, 0.25) is 0 Å². The van der Waals surface area contributed by atoms with E-state index in [2.05, 4.69) is 24.6 Å². The zero-order chi connectivity index (χ0) is 6.91. The van der Waals surface area contributed by atoms with E-state index in [0.29, 0.717) is 0 Å². The van der Waals surface area contributed by atoms with Crippen molar-refractivity contribution in [1.82, 2.24) is 0 Å². The Labute approximate surface area is 60.9 Å². The number of thioether (sulfide) groups is 1. The van der Waals surface area contributed by atoms with Crippen molar-refractivity contribution in [3.63, 3.8) is 0 Å². The summed E-state index contributed by atoms with van der Waals surface area (Å²) in [5.74, 6) is 3.13. The molecule has 2 heteroatoms. The topological polar surface area (TPSA) is 12.4 Å². The molecule has 0 spiro atoms. The van der Waals surface area contributed by atoms with Gasteiger partial charge >= 0.3 is 0 Å². The maximum atomic E-state index is 4.41. The molecule has 0 aromatic carbocycles. The van der Waals surface area contributed by atoms with Crippen molar-refractivity contribution in [2.75, 3.05) is 0 Å². The molecule has 0 amide bonds. The Hall–Kier alpha value is 0.0200. The molecule has 1 aliphatic heterocycles. The van der Waals surface area contributed by atoms with Gasteiger partial charge in [-0.3, -0.25) is 4.99 Å². The lowest BCUT2D eigenvalue weighted by molar-refractivity contribution is 0.663. The Morgan fingerprint density at radius 2 is 2.44 bits per heavy atom. The molecule has 0 N–H and O–H groups in total. The first kappa shape index (κ1) is 7.13. The Kier molecular flexibility index (Phi) is 1.85. The second-order valence-electron chi connectivity index (χ2n) is 2.43. The lowest BCUT2D eigenvalue weighted by Crippen LogP contribution is -2.10. The average Bonchev–Trinajstić information content (AvgIpc) is 2.13. The van der Waals surface area contributed by atoms with Crippen LogP contribution in [0.15, 0.2) is 4.99 Å². The number of hydrogen-bond donors (Lipinski definition) is 0. The van der Waals surface area contributed by atoms with Gasteiger partial charge in [0.25, 0.3) is 0 Å². The van der Waals surface area contributed by atoms with E-state index >= 15 is 0 Å². The summed E-state index contributed by atoms with van der Waals surface area (Å²) in [5, 5.41) is 0. The van der Waals surface area contributed by atoms with E-state index in [0.717, 1.165) is 12.1 Å². The molecule has 1 nitrogen and oxygen atoms in total. The Bertz CT molecular complexity index is 142. The largest absolute Gasteiger partial charge is 0.276 e. The van der Waals surface area contributed by atoms with Crippen molar-refractivity contribution in [2.45, 2.75) is 32.1 Å². The van der Waals surface area contributed by atoms with Crippen LogP contribution < -0.4 is 0 Å². The second kappa shape index (κ2) is 2.33. The van der Waals surface area contributed by atoms with Crippen molar-refractivity contribution in [3.8, 4) is 0 Å². The Morgan fingerprint density at radius 3 is 2.67 bits per heavy atom. The van der Waals surface area contributed by atoms with E-state index in [1.807, 2.05) is 6.92 Å². The average molecular weight is 141 g/mol. The fourth-order valence-corrected chi connectivity index (χ4v) is 1.48. The first-order valence-corrected chi connectivity index (χ1v) is 3.98. The van der Waals surface area contributed by atoms with Crippen LogP contribution in [0, 0.1) is 5.75 Å². The molecule has 50 valence electrons. The van der Waals surface area contributed by atoms with Gasteiger partial charge in [-0.2, -0.15) is 0 Å². The molecule has 1 atom stereocenters. The molecule has 0 aliphatic carbocycles. The van der Waals surface area contributed by atoms with Crippen molar-refractivity contribution in [1.29, 1.82) is 0 Å². The third-order valence-electron chi connectivity index (χ3n) is 1.48. The summed E-state index contributed by atoms with van der Waals surface area (Å²) in [5.41, 5.74) is 1.05. The van der Waals surface area contributed by atoms with E-state index in [9.17, 15) is 0 Å². The van der Waals surface area contributed by atoms with Gasteiger partial charge in [-0.25, -0.2) is 0 Å². The second-order valence-corrected chi connectivity index (χ2v) is 3.72. The molecule has 1 aliphatic rings. The van der Waals surface area contributed by atoms with Crippen molar-refractivity contribution >= 4 is 17.5 Å². The molecule has 1 unspecified atom stereocenters. The van der Waals surface area contributed by atoms with E-state index in [1.54, 1.807) is 11.8 Å². The van der Waals surface area contributed by atoms with Crippen LogP contribution in [-0.2, 0) is 0 Å². The summed E-state index contributed by atoms with van der Waals surface area (Å²) >= 11 is 1.70.